The standard InChI is InChI=1S/C30H33N3O4/c1-36-19-18-33(30(35)23-37-26-12-6-3-7-13-26)22-29(34)32(21-24-10-4-2-5-11-24)17-16-25-20-31-28-15-9-8-14-27(25)28/h2-15,20,31H,16-19,21-23H2,1H3. The Balaban J connectivity index is 1.45. The minimum absolute atomic E-state index is 0.0406. The van der Waals surface area contributed by atoms with E-state index in [1.54, 1.807) is 19.2 Å². The number of benzene rings is 3. The number of nitrogens with zero attached hydrogens (tertiary/aromatic N) is 2. The fraction of sp³-hybridized carbons (Fsp3) is 0.267. The molecule has 0 unspecified atom stereocenters. The van der Waals surface area contributed by atoms with Crippen molar-refractivity contribution in [3.63, 3.8) is 0 Å². The number of H-pyrrole nitrogens is 1. The van der Waals surface area contributed by atoms with Gasteiger partial charge in [-0.1, -0.05) is 66.7 Å². The number of aromatic nitrogens is 1. The smallest absolute Gasteiger partial charge is 0.261 e. The number of fused-ring (bicyclic) bond motifs is 1. The average molecular weight is 500 g/mol. The molecule has 1 aromatic heterocycles. The van der Waals surface area contributed by atoms with Crippen LogP contribution in [0.1, 0.15) is 11.1 Å². The summed E-state index contributed by atoms with van der Waals surface area (Å²) in [6.45, 7) is 1.45. The first-order valence-corrected chi connectivity index (χ1v) is 12.5. The van der Waals surface area contributed by atoms with E-state index in [-0.39, 0.29) is 25.0 Å². The van der Waals surface area contributed by atoms with Crippen molar-refractivity contribution in [1.29, 1.82) is 0 Å². The van der Waals surface area contributed by atoms with E-state index in [0.29, 0.717) is 38.4 Å². The fourth-order valence-corrected chi connectivity index (χ4v) is 4.20. The highest BCUT2D eigenvalue weighted by atomic mass is 16.5. The van der Waals surface area contributed by atoms with Crippen molar-refractivity contribution in [3.8, 4) is 5.75 Å². The molecule has 3 aromatic carbocycles. The van der Waals surface area contributed by atoms with Crippen LogP contribution in [0.2, 0.25) is 0 Å². The van der Waals surface area contributed by atoms with Gasteiger partial charge in [-0.3, -0.25) is 9.59 Å². The van der Waals surface area contributed by atoms with Gasteiger partial charge in [0, 0.05) is 43.8 Å². The molecule has 0 bridgehead atoms. The van der Waals surface area contributed by atoms with E-state index in [4.69, 9.17) is 9.47 Å². The molecule has 7 heteroatoms. The molecule has 4 rings (SSSR count). The van der Waals surface area contributed by atoms with Crippen LogP contribution in [0.15, 0.2) is 91.1 Å². The first-order chi connectivity index (χ1) is 18.1. The maximum Gasteiger partial charge on any atom is 0.261 e. The summed E-state index contributed by atoms with van der Waals surface area (Å²) in [5.41, 5.74) is 3.27. The normalized spacial score (nSPS) is 10.8. The molecule has 37 heavy (non-hydrogen) atoms. The van der Waals surface area contributed by atoms with E-state index in [1.165, 1.54) is 4.90 Å². The van der Waals surface area contributed by atoms with Crippen LogP contribution in [0.25, 0.3) is 10.9 Å². The summed E-state index contributed by atoms with van der Waals surface area (Å²) in [6, 6.07) is 27.2. The Morgan fingerprint density at radius 1 is 0.811 bits per heavy atom. The quantitative estimate of drug-likeness (QED) is 0.298. The lowest BCUT2D eigenvalue weighted by Gasteiger charge is -2.28. The highest BCUT2D eigenvalue weighted by Gasteiger charge is 2.22. The molecule has 7 nitrogen and oxygen atoms in total. The summed E-state index contributed by atoms with van der Waals surface area (Å²) < 4.78 is 10.8. The number of methoxy groups -OCH3 is 1. The molecule has 0 saturated carbocycles. The van der Waals surface area contributed by atoms with E-state index in [2.05, 4.69) is 11.1 Å². The lowest BCUT2D eigenvalue weighted by molar-refractivity contribution is -0.142. The van der Waals surface area contributed by atoms with E-state index >= 15 is 0 Å². The summed E-state index contributed by atoms with van der Waals surface area (Å²) in [7, 11) is 1.58. The molecule has 0 aliphatic heterocycles. The van der Waals surface area contributed by atoms with Gasteiger partial charge in [-0.05, 0) is 35.7 Å². The Morgan fingerprint density at radius 3 is 2.27 bits per heavy atom. The highest BCUT2D eigenvalue weighted by molar-refractivity contribution is 5.86. The maximum absolute atomic E-state index is 13.6. The van der Waals surface area contributed by atoms with E-state index < -0.39 is 0 Å². The van der Waals surface area contributed by atoms with Crippen LogP contribution in [0, 0.1) is 0 Å². The number of amides is 2. The number of hydrogen-bond acceptors (Lipinski definition) is 4. The summed E-state index contributed by atoms with van der Waals surface area (Å²) in [4.78, 5) is 33.2. The number of nitrogens with one attached hydrogen (secondary N) is 1. The Bertz CT molecular complexity index is 1270. The molecular formula is C30H33N3O4. The van der Waals surface area contributed by atoms with Crippen LogP contribution in [-0.4, -0.2) is 66.6 Å². The van der Waals surface area contributed by atoms with Crippen molar-refractivity contribution in [2.75, 3.05) is 40.0 Å². The molecular weight excluding hydrogens is 466 g/mol. The van der Waals surface area contributed by atoms with E-state index in [9.17, 15) is 9.59 Å². The van der Waals surface area contributed by atoms with Gasteiger partial charge < -0.3 is 24.3 Å². The monoisotopic (exact) mass is 499 g/mol. The molecule has 2 amide bonds. The molecule has 1 heterocycles. The second-order valence-electron chi connectivity index (χ2n) is 8.82. The average Bonchev–Trinajstić information content (AvgIpc) is 3.36. The number of hydrogen-bond donors (Lipinski definition) is 1. The molecule has 0 aliphatic rings. The Kier molecular flexibility index (Phi) is 9.32. The molecule has 192 valence electrons. The molecule has 0 aliphatic carbocycles. The van der Waals surface area contributed by atoms with Gasteiger partial charge in [-0.2, -0.15) is 0 Å². The van der Waals surface area contributed by atoms with E-state index in [1.807, 2.05) is 77.8 Å². The van der Waals surface area contributed by atoms with Crippen molar-refractivity contribution in [3.05, 3.63) is 102 Å². The van der Waals surface area contributed by atoms with Gasteiger partial charge in [0.1, 0.15) is 5.75 Å². The van der Waals surface area contributed by atoms with Crippen molar-refractivity contribution in [2.45, 2.75) is 13.0 Å². The lowest BCUT2D eigenvalue weighted by atomic mass is 10.1. The third kappa shape index (κ3) is 7.44. The number of aromatic amines is 1. The Hall–Kier alpha value is -4.10. The first kappa shape index (κ1) is 26.0. The van der Waals surface area contributed by atoms with Gasteiger partial charge in [-0.15, -0.1) is 0 Å². The van der Waals surface area contributed by atoms with Crippen LogP contribution < -0.4 is 4.74 Å². The minimum Gasteiger partial charge on any atom is -0.484 e. The summed E-state index contributed by atoms with van der Waals surface area (Å²) in [5, 5.41) is 1.16. The van der Waals surface area contributed by atoms with Crippen molar-refractivity contribution in [1.82, 2.24) is 14.8 Å². The molecule has 1 N–H and O–H groups in total. The zero-order valence-electron chi connectivity index (χ0n) is 21.1. The van der Waals surface area contributed by atoms with Crippen LogP contribution >= 0.6 is 0 Å². The van der Waals surface area contributed by atoms with Crippen molar-refractivity contribution >= 4 is 22.7 Å². The van der Waals surface area contributed by atoms with Crippen LogP contribution in [0.3, 0.4) is 0 Å². The van der Waals surface area contributed by atoms with Gasteiger partial charge in [0.2, 0.25) is 5.91 Å². The third-order valence-corrected chi connectivity index (χ3v) is 6.24. The second kappa shape index (κ2) is 13.3. The number of carbonyl (C=O) groups is 2. The van der Waals surface area contributed by atoms with Gasteiger partial charge in [0.05, 0.1) is 13.2 Å². The van der Waals surface area contributed by atoms with Gasteiger partial charge in [-0.25, -0.2) is 0 Å². The van der Waals surface area contributed by atoms with Gasteiger partial charge in [0.15, 0.2) is 6.61 Å². The topological polar surface area (TPSA) is 74.9 Å². The number of ether oxygens (including phenoxy) is 2. The maximum atomic E-state index is 13.6. The summed E-state index contributed by atoms with van der Waals surface area (Å²) in [5.74, 6) is 0.233. The highest BCUT2D eigenvalue weighted by Crippen LogP contribution is 2.19. The van der Waals surface area contributed by atoms with Crippen molar-refractivity contribution < 1.29 is 19.1 Å². The molecule has 0 radical (unpaired) electrons. The number of para-hydroxylation sites is 2. The fourth-order valence-electron chi connectivity index (χ4n) is 4.20. The lowest BCUT2D eigenvalue weighted by Crippen LogP contribution is -2.46. The zero-order chi connectivity index (χ0) is 25.9. The second-order valence-corrected chi connectivity index (χ2v) is 8.82. The first-order valence-electron chi connectivity index (χ1n) is 12.5. The summed E-state index contributed by atoms with van der Waals surface area (Å²) in [6.07, 6.45) is 2.71. The largest absolute Gasteiger partial charge is 0.484 e. The molecule has 0 spiro atoms. The van der Waals surface area contributed by atoms with Crippen LogP contribution in [0.4, 0.5) is 0 Å². The van der Waals surface area contributed by atoms with Crippen LogP contribution in [0.5, 0.6) is 5.75 Å². The minimum atomic E-state index is -0.259. The predicted molar refractivity (Wildman–Crippen MR) is 144 cm³/mol. The molecule has 4 aromatic rings. The molecule has 0 saturated heterocycles. The van der Waals surface area contributed by atoms with E-state index in [0.717, 1.165) is 22.0 Å². The summed E-state index contributed by atoms with van der Waals surface area (Å²) >= 11 is 0. The predicted octanol–water partition coefficient (Wildman–Crippen LogP) is 4.29. The number of rotatable bonds is 13. The zero-order valence-corrected chi connectivity index (χ0v) is 21.1. The van der Waals surface area contributed by atoms with Crippen LogP contribution in [-0.2, 0) is 27.3 Å². The Morgan fingerprint density at radius 2 is 1.51 bits per heavy atom. The number of carbonyl (C=O) groups excluding carboxylic acids is 2. The Labute approximate surface area is 217 Å². The van der Waals surface area contributed by atoms with Gasteiger partial charge >= 0.3 is 0 Å². The third-order valence-electron chi connectivity index (χ3n) is 6.24. The molecule has 0 fully saturated rings. The molecule has 0 atom stereocenters. The SMILES string of the molecule is COCCN(CC(=O)N(CCc1c[nH]c2ccccc12)Cc1ccccc1)C(=O)COc1ccccc1. The van der Waals surface area contributed by atoms with Gasteiger partial charge in [0.25, 0.3) is 5.91 Å². The van der Waals surface area contributed by atoms with Crippen molar-refractivity contribution in [2.24, 2.45) is 0 Å².